The first kappa shape index (κ1) is 11.5. The van der Waals surface area contributed by atoms with Gasteiger partial charge in [0.15, 0.2) is 5.82 Å². The molecule has 3 rings (SSSR count). The number of anilines is 2. The van der Waals surface area contributed by atoms with E-state index in [9.17, 15) is 4.39 Å². The predicted octanol–water partition coefficient (Wildman–Crippen LogP) is 2.29. The molecule has 0 radical (unpaired) electrons. The Labute approximate surface area is 108 Å². The first-order chi connectivity index (χ1) is 9.25. The number of nitrogens with one attached hydrogen (secondary N) is 2. The van der Waals surface area contributed by atoms with Crippen molar-refractivity contribution in [1.29, 1.82) is 0 Å². The van der Waals surface area contributed by atoms with Gasteiger partial charge in [0.25, 0.3) is 0 Å². The fourth-order valence-corrected chi connectivity index (χ4v) is 1.97. The number of H-pyrrole nitrogens is 1. The summed E-state index contributed by atoms with van der Waals surface area (Å²) < 4.78 is 14.0. The molecule has 0 saturated heterocycles. The average molecular weight is 257 g/mol. The maximum absolute atomic E-state index is 14.0. The van der Waals surface area contributed by atoms with Crippen molar-refractivity contribution in [1.82, 2.24) is 15.0 Å². The summed E-state index contributed by atoms with van der Waals surface area (Å²) >= 11 is 0. The van der Waals surface area contributed by atoms with Gasteiger partial charge in [0.05, 0.1) is 17.7 Å². The predicted molar refractivity (Wildman–Crippen MR) is 72.0 cm³/mol. The van der Waals surface area contributed by atoms with E-state index in [0.717, 1.165) is 11.2 Å². The Morgan fingerprint density at radius 2 is 2.21 bits per heavy atom. The number of hydrogen-bond acceptors (Lipinski definition) is 4. The Balaban J connectivity index is 2.02. The second-order valence-corrected chi connectivity index (χ2v) is 4.11. The Morgan fingerprint density at radius 3 is 3.00 bits per heavy atom. The second kappa shape index (κ2) is 4.56. The summed E-state index contributed by atoms with van der Waals surface area (Å²) in [4.78, 5) is 11.2. The minimum absolute atomic E-state index is 0.334. The average Bonchev–Trinajstić information content (AvgIpc) is 2.92. The molecular weight excluding hydrogens is 245 g/mol. The number of nitrogens with zero attached hydrogens (tertiary/aromatic N) is 2. The van der Waals surface area contributed by atoms with Crippen molar-refractivity contribution in [2.45, 2.75) is 6.54 Å². The Bertz CT molecular complexity index is 708. The van der Waals surface area contributed by atoms with Gasteiger partial charge >= 0.3 is 0 Å². The van der Waals surface area contributed by atoms with Gasteiger partial charge in [-0.3, -0.25) is 4.98 Å². The van der Waals surface area contributed by atoms with E-state index in [0.29, 0.717) is 23.4 Å². The number of fused-ring (bicyclic) bond motifs is 1. The minimum atomic E-state index is -0.421. The fourth-order valence-electron chi connectivity index (χ4n) is 1.97. The molecule has 0 fully saturated rings. The summed E-state index contributed by atoms with van der Waals surface area (Å²) in [5, 5.41) is 3.73. The van der Waals surface area contributed by atoms with Crippen molar-refractivity contribution in [3.8, 4) is 0 Å². The molecule has 0 atom stereocenters. The number of nitrogen functional groups attached to an aromatic ring is 1. The number of hydrogen-bond donors (Lipinski definition) is 3. The molecule has 4 N–H and O–H groups in total. The molecule has 2 aromatic heterocycles. The van der Waals surface area contributed by atoms with Gasteiger partial charge in [0, 0.05) is 29.7 Å². The second-order valence-electron chi connectivity index (χ2n) is 4.11. The lowest BCUT2D eigenvalue weighted by atomic mass is 10.1. The summed E-state index contributed by atoms with van der Waals surface area (Å²) in [7, 11) is 0. The molecule has 0 spiro atoms. The normalized spacial score (nSPS) is 10.8. The number of halogens is 1. The van der Waals surface area contributed by atoms with Crippen LogP contribution in [-0.2, 0) is 6.54 Å². The molecule has 0 saturated carbocycles. The number of imidazole rings is 1. The van der Waals surface area contributed by atoms with Crippen LogP contribution in [0.25, 0.3) is 10.9 Å². The third kappa shape index (κ3) is 2.08. The molecule has 0 amide bonds. The van der Waals surface area contributed by atoms with E-state index in [1.54, 1.807) is 24.7 Å². The highest BCUT2D eigenvalue weighted by Crippen LogP contribution is 2.29. The summed E-state index contributed by atoms with van der Waals surface area (Å²) in [6, 6.07) is 4.89. The maximum Gasteiger partial charge on any atom is 0.150 e. The molecule has 5 nitrogen and oxygen atoms in total. The minimum Gasteiger partial charge on any atom is -0.398 e. The van der Waals surface area contributed by atoms with Gasteiger partial charge in [-0.1, -0.05) is 0 Å². The van der Waals surface area contributed by atoms with Crippen LogP contribution < -0.4 is 11.1 Å². The molecule has 0 bridgehead atoms. The van der Waals surface area contributed by atoms with Crippen LogP contribution in [0.15, 0.2) is 36.8 Å². The SMILES string of the molecule is Nc1cc(F)c(NCc2ncc[nH]2)c2ncccc12. The van der Waals surface area contributed by atoms with Crippen LogP contribution in [0.2, 0.25) is 0 Å². The number of rotatable bonds is 3. The Kier molecular flexibility index (Phi) is 2.75. The van der Waals surface area contributed by atoms with Crippen molar-refractivity contribution >= 4 is 22.3 Å². The molecule has 3 aromatic rings. The highest BCUT2D eigenvalue weighted by atomic mass is 19.1. The zero-order valence-electron chi connectivity index (χ0n) is 10.0. The van der Waals surface area contributed by atoms with E-state index in [2.05, 4.69) is 20.3 Å². The molecule has 0 aliphatic rings. The molecule has 19 heavy (non-hydrogen) atoms. The Morgan fingerprint density at radius 1 is 1.32 bits per heavy atom. The number of aromatic amines is 1. The van der Waals surface area contributed by atoms with Crippen LogP contribution in [0, 0.1) is 5.82 Å². The summed E-state index contributed by atoms with van der Waals surface area (Å²) in [6.07, 6.45) is 4.97. The van der Waals surface area contributed by atoms with Crippen molar-refractivity contribution in [2.75, 3.05) is 11.1 Å². The van der Waals surface area contributed by atoms with Gasteiger partial charge in [0.2, 0.25) is 0 Å². The zero-order valence-corrected chi connectivity index (χ0v) is 10.0. The highest BCUT2D eigenvalue weighted by Gasteiger charge is 2.11. The summed E-state index contributed by atoms with van der Waals surface area (Å²) in [5.41, 5.74) is 7.02. The first-order valence-corrected chi connectivity index (χ1v) is 5.80. The lowest BCUT2D eigenvalue weighted by Gasteiger charge is -2.11. The van der Waals surface area contributed by atoms with Crippen LogP contribution in [0.4, 0.5) is 15.8 Å². The molecule has 0 aliphatic carbocycles. The zero-order chi connectivity index (χ0) is 13.2. The van der Waals surface area contributed by atoms with Crippen LogP contribution in [0.1, 0.15) is 5.82 Å². The summed E-state index contributed by atoms with van der Waals surface area (Å²) in [6.45, 7) is 0.388. The third-order valence-corrected chi connectivity index (χ3v) is 2.86. The van der Waals surface area contributed by atoms with Gasteiger partial charge in [-0.05, 0) is 18.2 Å². The quantitative estimate of drug-likeness (QED) is 0.629. The monoisotopic (exact) mass is 257 g/mol. The van der Waals surface area contributed by atoms with Crippen LogP contribution in [-0.4, -0.2) is 15.0 Å². The lowest BCUT2D eigenvalue weighted by molar-refractivity contribution is 0.632. The van der Waals surface area contributed by atoms with E-state index in [4.69, 9.17) is 5.73 Å². The van der Waals surface area contributed by atoms with Gasteiger partial charge in [-0.2, -0.15) is 0 Å². The van der Waals surface area contributed by atoms with Crippen molar-refractivity contribution in [2.24, 2.45) is 0 Å². The molecule has 96 valence electrons. The molecule has 6 heteroatoms. The number of pyridine rings is 1. The molecule has 2 heterocycles. The number of nitrogens with two attached hydrogens (primary N) is 1. The lowest BCUT2D eigenvalue weighted by Crippen LogP contribution is -2.05. The van der Waals surface area contributed by atoms with Gasteiger partial charge in [-0.15, -0.1) is 0 Å². The van der Waals surface area contributed by atoms with E-state index < -0.39 is 5.82 Å². The van der Waals surface area contributed by atoms with E-state index in [-0.39, 0.29) is 0 Å². The van der Waals surface area contributed by atoms with E-state index in [1.807, 2.05) is 6.07 Å². The van der Waals surface area contributed by atoms with E-state index in [1.165, 1.54) is 6.07 Å². The van der Waals surface area contributed by atoms with Crippen molar-refractivity contribution < 1.29 is 4.39 Å². The number of benzene rings is 1. The third-order valence-electron chi connectivity index (χ3n) is 2.86. The number of aromatic nitrogens is 3. The summed E-state index contributed by atoms with van der Waals surface area (Å²) in [5.74, 6) is 0.301. The topological polar surface area (TPSA) is 79.6 Å². The first-order valence-electron chi connectivity index (χ1n) is 5.80. The van der Waals surface area contributed by atoms with Crippen LogP contribution >= 0.6 is 0 Å². The molecule has 0 aliphatic heterocycles. The van der Waals surface area contributed by atoms with Gasteiger partial charge in [-0.25, -0.2) is 9.37 Å². The van der Waals surface area contributed by atoms with Gasteiger partial charge < -0.3 is 16.0 Å². The standard InChI is InChI=1S/C13H12FN5/c14-9-6-10(15)8-2-1-3-18-12(8)13(9)19-7-11-16-4-5-17-11/h1-6,19H,7,15H2,(H,16,17). The van der Waals surface area contributed by atoms with Crippen LogP contribution in [0.3, 0.4) is 0 Å². The van der Waals surface area contributed by atoms with Gasteiger partial charge in [0.1, 0.15) is 5.82 Å². The largest absolute Gasteiger partial charge is 0.398 e. The molecule has 1 aromatic carbocycles. The van der Waals surface area contributed by atoms with Crippen LogP contribution in [0.5, 0.6) is 0 Å². The van der Waals surface area contributed by atoms with E-state index >= 15 is 0 Å². The highest BCUT2D eigenvalue weighted by molar-refractivity contribution is 5.98. The smallest absolute Gasteiger partial charge is 0.150 e. The Hall–Kier alpha value is -2.63. The molecular formula is C13H12FN5. The maximum atomic E-state index is 14.0. The van der Waals surface area contributed by atoms with Crippen molar-refractivity contribution in [3.05, 3.63) is 48.4 Å². The fraction of sp³-hybridized carbons (Fsp3) is 0.0769. The molecule has 0 unspecified atom stereocenters. The van der Waals surface area contributed by atoms with Crippen molar-refractivity contribution in [3.63, 3.8) is 0 Å².